The summed E-state index contributed by atoms with van der Waals surface area (Å²) in [5, 5.41) is 1.26. The second kappa shape index (κ2) is 3.15. The fourth-order valence-electron chi connectivity index (χ4n) is 1.29. The number of hydrogen-bond acceptors (Lipinski definition) is 1. The van der Waals surface area contributed by atoms with E-state index >= 15 is 0 Å². The maximum absolute atomic E-state index is 4.25. The molecule has 2 rings (SSSR count). The third-order valence-electron chi connectivity index (χ3n) is 1.90. The lowest BCUT2D eigenvalue weighted by molar-refractivity contribution is 1.40. The molecule has 1 aromatic heterocycles. The lowest BCUT2D eigenvalue weighted by atomic mass is 10.2. The molecule has 62 valence electrons. The first-order valence-corrected chi connectivity index (χ1v) is 5.10. The van der Waals surface area contributed by atoms with Crippen LogP contribution in [-0.4, -0.2) is 4.98 Å². The molecule has 0 aliphatic heterocycles. The molecule has 0 saturated carbocycles. The Bertz CT molecular complexity index is 408. The molecule has 0 saturated heterocycles. The molecule has 0 fully saturated rings. The minimum atomic E-state index is 0.779. The summed E-state index contributed by atoms with van der Waals surface area (Å²) in [5.41, 5.74) is 2.41. The second-order valence-corrected chi connectivity index (χ2v) is 3.89. The quantitative estimate of drug-likeness (QED) is 0.713. The second-order valence-electron chi connectivity index (χ2n) is 2.66. The summed E-state index contributed by atoms with van der Waals surface area (Å²) in [6.45, 7) is 0. The Hall–Kier alpha value is -0.410. The molecule has 1 aromatic carbocycles. The van der Waals surface area contributed by atoms with E-state index in [4.69, 9.17) is 0 Å². The fraction of sp³-hybridized carbons (Fsp3) is 0.111. The summed E-state index contributed by atoms with van der Waals surface area (Å²) in [5.74, 6) is 0.779. The minimum absolute atomic E-state index is 0.779. The first-order chi connectivity index (χ1) is 5.81. The zero-order valence-electron chi connectivity index (χ0n) is 6.34. The van der Waals surface area contributed by atoms with Crippen molar-refractivity contribution >= 4 is 39.5 Å². The molecule has 1 N–H and O–H groups in total. The van der Waals surface area contributed by atoms with Crippen LogP contribution in [0.25, 0.3) is 10.9 Å². The maximum atomic E-state index is 4.25. The van der Waals surface area contributed by atoms with Crippen molar-refractivity contribution in [1.82, 2.24) is 4.98 Å². The number of fused-ring (bicyclic) bond motifs is 1. The predicted octanol–water partition coefficient (Wildman–Crippen LogP) is 3.36. The number of benzene rings is 1. The summed E-state index contributed by atoms with van der Waals surface area (Å²) in [4.78, 5) is 3.20. The Balaban J connectivity index is 2.73. The molecule has 3 heteroatoms. The lowest BCUT2D eigenvalue weighted by Gasteiger charge is -1.93. The number of rotatable bonds is 1. The molecular weight excluding hydrogens is 234 g/mol. The van der Waals surface area contributed by atoms with Crippen molar-refractivity contribution in [3.05, 3.63) is 34.4 Å². The Kier molecular flexibility index (Phi) is 2.15. The van der Waals surface area contributed by atoms with Crippen LogP contribution in [0.3, 0.4) is 0 Å². The van der Waals surface area contributed by atoms with Gasteiger partial charge in [-0.2, -0.15) is 12.6 Å². The molecule has 12 heavy (non-hydrogen) atoms. The van der Waals surface area contributed by atoms with Gasteiger partial charge in [-0.05, 0) is 17.7 Å². The Morgan fingerprint density at radius 1 is 1.42 bits per heavy atom. The molecule has 0 aliphatic rings. The molecule has 0 atom stereocenters. The lowest BCUT2D eigenvalue weighted by Crippen LogP contribution is -1.72. The standard InChI is InChI=1S/C9H8BrNS/c10-7-1-2-8-6(5-12)4-11-9(8)3-7/h1-4,11-12H,5H2. The number of hydrogen-bond donors (Lipinski definition) is 2. The van der Waals surface area contributed by atoms with Gasteiger partial charge in [0.05, 0.1) is 0 Å². The third kappa shape index (κ3) is 1.27. The maximum Gasteiger partial charge on any atom is 0.0468 e. The van der Waals surface area contributed by atoms with Gasteiger partial charge >= 0.3 is 0 Å². The Labute approximate surface area is 84.7 Å². The van der Waals surface area contributed by atoms with Gasteiger partial charge in [-0.1, -0.05) is 22.0 Å². The van der Waals surface area contributed by atoms with E-state index in [2.05, 4.69) is 45.7 Å². The van der Waals surface area contributed by atoms with Crippen molar-refractivity contribution in [1.29, 1.82) is 0 Å². The van der Waals surface area contributed by atoms with Crippen molar-refractivity contribution in [3.8, 4) is 0 Å². The molecule has 1 heterocycles. The monoisotopic (exact) mass is 241 g/mol. The van der Waals surface area contributed by atoms with Crippen LogP contribution in [0.15, 0.2) is 28.9 Å². The normalized spacial score (nSPS) is 10.8. The van der Waals surface area contributed by atoms with Gasteiger partial charge in [-0.25, -0.2) is 0 Å². The van der Waals surface area contributed by atoms with Gasteiger partial charge in [-0.3, -0.25) is 0 Å². The van der Waals surface area contributed by atoms with Gasteiger partial charge in [0, 0.05) is 27.3 Å². The number of aromatic amines is 1. The van der Waals surface area contributed by atoms with E-state index in [0.717, 1.165) is 15.7 Å². The van der Waals surface area contributed by atoms with Gasteiger partial charge in [0.25, 0.3) is 0 Å². The van der Waals surface area contributed by atoms with Crippen molar-refractivity contribution in [2.75, 3.05) is 0 Å². The average Bonchev–Trinajstić information content (AvgIpc) is 2.46. The largest absolute Gasteiger partial charge is 0.361 e. The van der Waals surface area contributed by atoms with Gasteiger partial charge in [0.15, 0.2) is 0 Å². The van der Waals surface area contributed by atoms with Crippen LogP contribution >= 0.6 is 28.6 Å². The summed E-state index contributed by atoms with van der Waals surface area (Å²) >= 11 is 7.67. The predicted molar refractivity (Wildman–Crippen MR) is 58.7 cm³/mol. The Morgan fingerprint density at radius 3 is 3.00 bits per heavy atom. The van der Waals surface area contributed by atoms with Crippen molar-refractivity contribution < 1.29 is 0 Å². The van der Waals surface area contributed by atoms with Gasteiger partial charge < -0.3 is 4.98 Å². The van der Waals surface area contributed by atoms with Crippen LogP contribution in [0.5, 0.6) is 0 Å². The van der Waals surface area contributed by atoms with Crippen molar-refractivity contribution in [2.24, 2.45) is 0 Å². The SMILES string of the molecule is SCc1c[nH]c2cc(Br)ccc12. The van der Waals surface area contributed by atoms with E-state index in [1.807, 2.05) is 12.3 Å². The first-order valence-electron chi connectivity index (χ1n) is 3.67. The molecule has 0 bridgehead atoms. The molecule has 0 aliphatic carbocycles. The number of halogens is 1. The number of thiol groups is 1. The van der Waals surface area contributed by atoms with Gasteiger partial charge in [-0.15, -0.1) is 0 Å². The topological polar surface area (TPSA) is 15.8 Å². The van der Waals surface area contributed by atoms with E-state index in [9.17, 15) is 0 Å². The van der Waals surface area contributed by atoms with Crippen molar-refractivity contribution in [2.45, 2.75) is 5.75 Å². The number of aromatic nitrogens is 1. The van der Waals surface area contributed by atoms with E-state index in [0.29, 0.717) is 0 Å². The molecule has 1 nitrogen and oxygen atoms in total. The summed E-state index contributed by atoms with van der Waals surface area (Å²) in [7, 11) is 0. The van der Waals surface area contributed by atoms with Gasteiger partial charge in [0.1, 0.15) is 0 Å². The number of nitrogens with one attached hydrogen (secondary N) is 1. The highest BCUT2D eigenvalue weighted by atomic mass is 79.9. The summed E-state index contributed by atoms with van der Waals surface area (Å²) < 4.78 is 1.10. The zero-order valence-corrected chi connectivity index (χ0v) is 8.82. The van der Waals surface area contributed by atoms with Crippen LogP contribution in [0.1, 0.15) is 5.56 Å². The third-order valence-corrected chi connectivity index (χ3v) is 2.73. The molecule has 0 radical (unpaired) electrons. The van der Waals surface area contributed by atoms with Crippen LogP contribution in [-0.2, 0) is 5.75 Å². The van der Waals surface area contributed by atoms with Crippen LogP contribution in [0, 0.1) is 0 Å². The molecule has 0 spiro atoms. The minimum Gasteiger partial charge on any atom is -0.361 e. The molecule has 0 amide bonds. The highest BCUT2D eigenvalue weighted by Crippen LogP contribution is 2.22. The van der Waals surface area contributed by atoms with Crippen LogP contribution in [0.2, 0.25) is 0 Å². The van der Waals surface area contributed by atoms with E-state index in [1.54, 1.807) is 0 Å². The molecule has 0 unspecified atom stereocenters. The van der Waals surface area contributed by atoms with Crippen LogP contribution < -0.4 is 0 Å². The van der Waals surface area contributed by atoms with E-state index in [1.165, 1.54) is 10.9 Å². The Morgan fingerprint density at radius 2 is 2.25 bits per heavy atom. The highest BCUT2D eigenvalue weighted by molar-refractivity contribution is 9.10. The summed E-state index contributed by atoms with van der Waals surface area (Å²) in [6, 6.07) is 6.22. The first kappa shape index (κ1) is 8.20. The fourth-order valence-corrected chi connectivity index (χ4v) is 1.91. The van der Waals surface area contributed by atoms with Crippen LogP contribution in [0.4, 0.5) is 0 Å². The highest BCUT2D eigenvalue weighted by Gasteiger charge is 2.00. The van der Waals surface area contributed by atoms with Gasteiger partial charge in [0.2, 0.25) is 0 Å². The average molecular weight is 242 g/mol. The molecular formula is C9H8BrNS. The smallest absolute Gasteiger partial charge is 0.0468 e. The van der Waals surface area contributed by atoms with Crippen molar-refractivity contribution in [3.63, 3.8) is 0 Å². The molecule has 2 aromatic rings. The van der Waals surface area contributed by atoms with E-state index in [-0.39, 0.29) is 0 Å². The number of H-pyrrole nitrogens is 1. The zero-order chi connectivity index (χ0) is 8.55. The van der Waals surface area contributed by atoms with E-state index < -0.39 is 0 Å². The summed E-state index contributed by atoms with van der Waals surface area (Å²) in [6.07, 6.45) is 2.00.